The molecule has 0 aromatic heterocycles. The molecular formula is C14H20FN. The average molecular weight is 221 g/mol. The Balaban J connectivity index is 2.21. The van der Waals surface area contributed by atoms with E-state index in [1.807, 2.05) is 6.07 Å². The van der Waals surface area contributed by atoms with Crippen LogP contribution in [0, 0.1) is 5.82 Å². The minimum Gasteiger partial charge on any atom is -0.316 e. The quantitative estimate of drug-likeness (QED) is 0.807. The lowest BCUT2D eigenvalue weighted by Crippen LogP contribution is -2.28. The third-order valence-corrected chi connectivity index (χ3v) is 3.43. The molecule has 88 valence electrons. The molecule has 0 spiro atoms. The maximum atomic E-state index is 14.0. The van der Waals surface area contributed by atoms with Gasteiger partial charge in [-0.2, -0.15) is 0 Å². The van der Waals surface area contributed by atoms with Gasteiger partial charge >= 0.3 is 0 Å². The van der Waals surface area contributed by atoms with Crippen molar-refractivity contribution in [2.24, 2.45) is 0 Å². The minimum absolute atomic E-state index is 0.0279. The molecule has 0 radical (unpaired) electrons. The summed E-state index contributed by atoms with van der Waals surface area (Å²) in [7, 11) is 0. The van der Waals surface area contributed by atoms with E-state index in [-0.39, 0.29) is 5.82 Å². The Kier molecular flexibility index (Phi) is 3.59. The van der Waals surface area contributed by atoms with Gasteiger partial charge in [-0.05, 0) is 48.4 Å². The summed E-state index contributed by atoms with van der Waals surface area (Å²) in [6.07, 6.45) is 2.25. The molecule has 1 atom stereocenters. The van der Waals surface area contributed by atoms with Crippen LogP contribution in [-0.2, 0) is 0 Å². The number of nitrogens with one attached hydrogen (secondary N) is 1. The first kappa shape index (κ1) is 11.6. The Bertz CT molecular complexity index is 354. The molecule has 0 saturated carbocycles. The Labute approximate surface area is 97.1 Å². The third-order valence-electron chi connectivity index (χ3n) is 3.43. The van der Waals surface area contributed by atoms with Gasteiger partial charge in [0.15, 0.2) is 0 Å². The van der Waals surface area contributed by atoms with Crippen LogP contribution in [0.2, 0.25) is 0 Å². The summed E-state index contributed by atoms with van der Waals surface area (Å²) in [5.74, 6) is 0.725. The third kappa shape index (κ3) is 2.43. The van der Waals surface area contributed by atoms with Gasteiger partial charge in [0.05, 0.1) is 0 Å². The number of hydrogen-bond acceptors (Lipinski definition) is 1. The minimum atomic E-state index is -0.0279. The summed E-state index contributed by atoms with van der Waals surface area (Å²) in [5.41, 5.74) is 1.97. The fourth-order valence-corrected chi connectivity index (χ4v) is 2.35. The zero-order valence-corrected chi connectivity index (χ0v) is 10.1. The standard InChI is InChI=1S/C14H20FN/c1-10(2)11-5-6-13(14(15)8-11)12-4-3-7-16-9-12/h5-6,8,10,12,16H,3-4,7,9H2,1-2H3. The fourth-order valence-electron chi connectivity index (χ4n) is 2.35. The molecule has 1 N–H and O–H groups in total. The molecule has 1 heterocycles. The molecule has 1 unspecified atom stereocenters. The zero-order chi connectivity index (χ0) is 11.5. The van der Waals surface area contributed by atoms with Crippen molar-refractivity contribution in [1.82, 2.24) is 5.32 Å². The van der Waals surface area contributed by atoms with Gasteiger partial charge in [-0.1, -0.05) is 26.0 Å². The molecule has 2 heteroatoms. The fraction of sp³-hybridized carbons (Fsp3) is 0.571. The van der Waals surface area contributed by atoms with Crippen LogP contribution in [0.4, 0.5) is 4.39 Å². The molecule has 1 aliphatic rings. The first-order valence-corrected chi connectivity index (χ1v) is 6.18. The van der Waals surface area contributed by atoms with E-state index in [9.17, 15) is 4.39 Å². The van der Waals surface area contributed by atoms with Crippen molar-refractivity contribution in [3.8, 4) is 0 Å². The first-order chi connectivity index (χ1) is 7.68. The zero-order valence-electron chi connectivity index (χ0n) is 10.1. The van der Waals surface area contributed by atoms with E-state index in [2.05, 4.69) is 25.2 Å². The van der Waals surface area contributed by atoms with Gasteiger partial charge in [0, 0.05) is 6.54 Å². The number of piperidine rings is 1. The molecule has 1 saturated heterocycles. The summed E-state index contributed by atoms with van der Waals surface area (Å²) in [4.78, 5) is 0. The van der Waals surface area contributed by atoms with Crippen molar-refractivity contribution in [2.75, 3.05) is 13.1 Å². The van der Waals surface area contributed by atoms with Crippen LogP contribution in [0.3, 0.4) is 0 Å². The van der Waals surface area contributed by atoms with Crippen LogP contribution in [0.25, 0.3) is 0 Å². The normalized spacial score (nSPS) is 21.4. The maximum absolute atomic E-state index is 14.0. The molecule has 1 aliphatic heterocycles. The molecule has 1 aromatic carbocycles. The van der Waals surface area contributed by atoms with Gasteiger partial charge in [-0.15, -0.1) is 0 Å². The topological polar surface area (TPSA) is 12.0 Å². The van der Waals surface area contributed by atoms with Crippen molar-refractivity contribution in [1.29, 1.82) is 0 Å². The number of rotatable bonds is 2. The summed E-state index contributed by atoms with van der Waals surface area (Å²) < 4.78 is 14.0. The molecule has 1 fully saturated rings. The molecule has 0 bridgehead atoms. The second-order valence-corrected chi connectivity index (χ2v) is 4.98. The highest BCUT2D eigenvalue weighted by atomic mass is 19.1. The molecule has 1 nitrogen and oxygen atoms in total. The monoisotopic (exact) mass is 221 g/mol. The van der Waals surface area contributed by atoms with Crippen molar-refractivity contribution < 1.29 is 4.39 Å². The molecule has 2 rings (SSSR count). The molecule has 16 heavy (non-hydrogen) atoms. The second-order valence-electron chi connectivity index (χ2n) is 4.98. The van der Waals surface area contributed by atoms with E-state index in [4.69, 9.17) is 0 Å². The van der Waals surface area contributed by atoms with Crippen molar-refractivity contribution in [3.05, 3.63) is 35.1 Å². The van der Waals surface area contributed by atoms with Crippen LogP contribution >= 0.6 is 0 Å². The van der Waals surface area contributed by atoms with E-state index in [0.29, 0.717) is 11.8 Å². The maximum Gasteiger partial charge on any atom is 0.127 e. The highest BCUT2D eigenvalue weighted by Gasteiger charge is 2.18. The lowest BCUT2D eigenvalue weighted by Gasteiger charge is -2.24. The van der Waals surface area contributed by atoms with E-state index in [1.165, 1.54) is 0 Å². The SMILES string of the molecule is CC(C)c1ccc(C2CCCNC2)c(F)c1. The summed E-state index contributed by atoms with van der Waals surface area (Å²) in [6.45, 7) is 6.17. The van der Waals surface area contributed by atoms with Crippen molar-refractivity contribution >= 4 is 0 Å². The molecule has 1 aromatic rings. The second kappa shape index (κ2) is 4.96. The van der Waals surface area contributed by atoms with Crippen molar-refractivity contribution in [2.45, 2.75) is 38.5 Å². The van der Waals surface area contributed by atoms with Gasteiger partial charge in [0.1, 0.15) is 5.82 Å². The molecular weight excluding hydrogens is 201 g/mol. The predicted molar refractivity (Wildman–Crippen MR) is 65.3 cm³/mol. The van der Waals surface area contributed by atoms with E-state index < -0.39 is 0 Å². The Morgan fingerprint density at radius 2 is 2.19 bits per heavy atom. The Hall–Kier alpha value is -0.890. The first-order valence-electron chi connectivity index (χ1n) is 6.18. The highest BCUT2D eigenvalue weighted by Crippen LogP contribution is 2.27. The lowest BCUT2D eigenvalue weighted by atomic mass is 9.89. The number of benzene rings is 1. The van der Waals surface area contributed by atoms with Crippen LogP contribution in [0.5, 0.6) is 0 Å². The summed E-state index contributed by atoms with van der Waals surface area (Å²) in [5, 5.41) is 3.33. The predicted octanol–water partition coefficient (Wildman–Crippen LogP) is 3.42. The van der Waals surface area contributed by atoms with E-state index in [0.717, 1.165) is 37.1 Å². The van der Waals surface area contributed by atoms with Crippen LogP contribution in [-0.4, -0.2) is 13.1 Å². The van der Waals surface area contributed by atoms with Crippen LogP contribution in [0.1, 0.15) is 49.7 Å². The van der Waals surface area contributed by atoms with Gasteiger partial charge in [0.25, 0.3) is 0 Å². The van der Waals surface area contributed by atoms with Gasteiger partial charge in [-0.3, -0.25) is 0 Å². The Morgan fingerprint density at radius 1 is 1.38 bits per heavy atom. The summed E-state index contributed by atoms with van der Waals surface area (Å²) in [6, 6.07) is 5.74. The van der Waals surface area contributed by atoms with Gasteiger partial charge in [0.2, 0.25) is 0 Å². The van der Waals surface area contributed by atoms with Gasteiger partial charge in [-0.25, -0.2) is 4.39 Å². The Morgan fingerprint density at radius 3 is 2.75 bits per heavy atom. The number of hydrogen-bond donors (Lipinski definition) is 1. The largest absolute Gasteiger partial charge is 0.316 e. The van der Waals surface area contributed by atoms with Crippen LogP contribution < -0.4 is 5.32 Å². The molecule has 0 amide bonds. The van der Waals surface area contributed by atoms with E-state index >= 15 is 0 Å². The lowest BCUT2D eigenvalue weighted by molar-refractivity contribution is 0.446. The average Bonchev–Trinajstić information content (AvgIpc) is 2.30. The summed E-state index contributed by atoms with van der Waals surface area (Å²) >= 11 is 0. The number of halogens is 1. The highest BCUT2D eigenvalue weighted by molar-refractivity contribution is 5.29. The smallest absolute Gasteiger partial charge is 0.127 e. The van der Waals surface area contributed by atoms with E-state index in [1.54, 1.807) is 6.07 Å². The van der Waals surface area contributed by atoms with Crippen LogP contribution in [0.15, 0.2) is 18.2 Å². The molecule has 0 aliphatic carbocycles. The van der Waals surface area contributed by atoms with Crippen molar-refractivity contribution in [3.63, 3.8) is 0 Å². The van der Waals surface area contributed by atoms with Gasteiger partial charge < -0.3 is 5.32 Å².